The van der Waals surface area contributed by atoms with Crippen LogP contribution < -0.4 is 0 Å². The summed E-state index contributed by atoms with van der Waals surface area (Å²) in [5.41, 5.74) is 0.433. The zero-order valence-corrected chi connectivity index (χ0v) is 19.7. The molecule has 4 N–H and O–H groups in total. The van der Waals surface area contributed by atoms with E-state index in [1.807, 2.05) is 0 Å². The van der Waals surface area contributed by atoms with E-state index >= 15 is 0 Å². The minimum atomic E-state index is -1.21. The molecule has 0 saturated heterocycles. The average molecular weight is 501 g/mol. The Kier molecular flexibility index (Phi) is 21.4. The number of carbonyl (C=O) groups excluding carboxylic acids is 2. The first-order valence-corrected chi connectivity index (χ1v) is 10.1. The number of hydrogen-bond donors (Lipinski definition) is 5. The van der Waals surface area contributed by atoms with E-state index in [0.717, 1.165) is 0 Å². The number of esters is 2. The van der Waals surface area contributed by atoms with Crippen LogP contribution in [0.3, 0.4) is 0 Å². The fourth-order valence-electron chi connectivity index (χ4n) is 1.23. The smallest absolute Gasteiger partial charge is 0.332 e. The van der Waals surface area contributed by atoms with E-state index in [9.17, 15) is 24.0 Å². The first kappa shape index (κ1) is 33.9. The number of rotatable bonds is 11. The second-order valence-electron chi connectivity index (χ2n) is 5.73. The summed E-state index contributed by atoms with van der Waals surface area (Å²) in [6.07, 6.45) is -0.853. The molecule has 0 aromatic heterocycles. The third-order valence-electron chi connectivity index (χ3n) is 2.79. The fraction of sp³-hybridized carbons (Fsp3) is 0.500. The molecular weight excluding hydrogens is 472 g/mol. The Bertz CT molecular complexity index is 675. The van der Waals surface area contributed by atoms with Crippen molar-refractivity contribution in [2.45, 2.75) is 31.9 Å². The number of aliphatic carboxylic acids is 3. The molecule has 0 heterocycles. The maximum atomic E-state index is 11.0. The van der Waals surface area contributed by atoms with Gasteiger partial charge in [0, 0.05) is 16.7 Å². The summed E-state index contributed by atoms with van der Waals surface area (Å²) < 4.78 is 8.79. The molecule has 14 heteroatoms. The Hall–Kier alpha value is -2.71. The quantitative estimate of drug-likeness (QED) is 0.0690. The summed E-state index contributed by atoms with van der Waals surface area (Å²) in [5, 5.41) is 33.2. The van der Waals surface area contributed by atoms with Crippen molar-refractivity contribution >= 4 is 54.2 Å². The van der Waals surface area contributed by atoms with Gasteiger partial charge < -0.3 is 29.7 Å². The van der Waals surface area contributed by atoms with E-state index in [1.54, 1.807) is 13.8 Å². The molecule has 0 saturated carbocycles. The SMILES string of the molecule is C=C(C)C(=O)OC.COC(=O)C(C)CS/C=C(\CC(=O)O)OO.O=C(O)CC(S)C(=O)O. The van der Waals surface area contributed by atoms with E-state index < -0.39 is 36.0 Å². The zero-order valence-electron chi connectivity index (χ0n) is 18.0. The van der Waals surface area contributed by atoms with Crippen molar-refractivity contribution in [2.75, 3.05) is 20.0 Å². The Labute approximate surface area is 194 Å². The molecule has 0 spiro atoms. The molecule has 0 fully saturated rings. The molecule has 12 nitrogen and oxygen atoms in total. The van der Waals surface area contributed by atoms with Crippen LogP contribution in [0.25, 0.3) is 0 Å². The number of carboxylic acid groups (broad SMARTS) is 3. The van der Waals surface area contributed by atoms with Gasteiger partial charge in [0.15, 0.2) is 5.76 Å². The highest BCUT2D eigenvalue weighted by atomic mass is 32.2. The Morgan fingerprint density at radius 1 is 1.06 bits per heavy atom. The molecule has 0 aliphatic carbocycles. The number of carbonyl (C=O) groups is 5. The van der Waals surface area contributed by atoms with Crippen LogP contribution in [0.2, 0.25) is 0 Å². The third kappa shape index (κ3) is 22.0. The van der Waals surface area contributed by atoms with Crippen molar-refractivity contribution in [1.29, 1.82) is 0 Å². The van der Waals surface area contributed by atoms with E-state index in [-0.39, 0.29) is 23.6 Å². The van der Waals surface area contributed by atoms with Crippen LogP contribution in [0.5, 0.6) is 0 Å². The summed E-state index contributed by atoms with van der Waals surface area (Å²) >= 11 is 4.65. The second kappa shape index (κ2) is 20.2. The number of thioether (sulfide) groups is 1. The number of thiol groups is 1. The zero-order chi connectivity index (χ0) is 25.9. The van der Waals surface area contributed by atoms with Crippen LogP contribution >= 0.6 is 24.4 Å². The predicted octanol–water partition coefficient (Wildman–Crippen LogP) is 1.91. The Balaban J connectivity index is -0.000000442. The largest absolute Gasteiger partial charge is 0.481 e. The van der Waals surface area contributed by atoms with Gasteiger partial charge in [-0.05, 0) is 6.92 Å². The van der Waals surface area contributed by atoms with Gasteiger partial charge in [0.05, 0.1) is 26.6 Å². The van der Waals surface area contributed by atoms with Crippen LogP contribution in [0.4, 0.5) is 0 Å². The number of methoxy groups -OCH3 is 2. The van der Waals surface area contributed by atoms with E-state index in [1.165, 1.54) is 31.4 Å². The molecule has 2 unspecified atom stereocenters. The molecule has 0 aromatic rings. The lowest BCUT2D eigenvalue weighted by Gasteiger charge is -2.06. The standard InChI is InChI=1S/C9H14O6S.C5H8O2.C4H6O4S/c1-6(9(12)14-2)4-16-5-7(15-13)3-8(10)11;1-4(2)5(6)7-3;5-3(6)1-2(9)4(7)8/h5-6,13H,3-4H2,1-2H3,(H,10,11);1H2,2-3H3;2,9H,1H2,(H,5,6)(H,7,8)/b7-5+;;. The Morgan fingerprint density at radius 3 is 1.84 bits per heavy atom. The van der Waals surface area contributed by atoms with Crippen molar-refractivity contribution < 1.29 is 58.9 Å². The van der Waals surface area contributed by atoms with Gasteiger partial charge >= 0.3 is 29.8 Å². The van der Waals surface area contributed by atoms with Crippen LogP contribution in [0.1, 0.15) is 26.7 Å². The molecule has 0 aliphatic heterocycles. The lowest BCUT2D eigenvalue weighted by molar-refractivity contribution is -0.206. The molecule has 2 atom stereocenters. The lowest BCUT2D eigenvalue weighted by atomic mass is 10.2. The molecule has 184 valence electrons. The van der Waals surface area contributed by atoms with Gasteiger partial charge in [-0.1, -0.05) is 13.5 Å². The molecule has 0 amide bonds. The van der Waals surface area contributed by atoms with Crippen molar-refractivity contribution in [1.82, 2.24) is 0 Å². The molecule has 0 radical (unpaired) electrons. The predicted molar refractivity (Wildman–Crippen MR) is 117 cm³/mol. The van der Waals surface area contributed by atoms with Crippen LogP contribution in [-0.4, -0.2) is 75.6 Å². The maximum absolute atomic E-state index is 11.0. The normalized spacial score (nSPS) is 11.8. The third-order valence-corrected chi connectivity index (χ3v) is 4.32. The van der Waals surface area contributed by atoms with Crippen molar-refractivity contribution in [2.24, 2.45) is 5.92 Å². The Morgan fingerprint density at radius 2 is 1.59 bits per heavy atom. The van der Waals surface area contributed by atoms with Gasteiger partial charge in [-0.3, -0.25) is 19.2 Å². The monoisotopic (exact) mass is 500 g/mol. The minimum absolute atomic E-state index is 0.0745. The molecule has 0 bridgehead atoms. The van der Waals surface area contributed by atoms with Gasteiger partial charge in [0.1, 0.15) is 11.7 Å². The maximum Gasteiger partial charge on any atom is 0.332 e. The van der Waals surface area contributed by atoms with Crippen LogP contribution in [0.15, 0.2) is 23.3 Å². The van der Waals surface area contributed by atoms with E-state index in [2.05, 4.69) is 33.6 Å². The van der Waals surface area contributed by atoms with Crippen molar-refractivity contribution in [3.8, 4) is 0 Å². The first-order valence-electron chi connectivity index (χ1n) is 8.51. The van der Waals surface area contributed by atoms with Gasteiger partial charge in [0.2, 0.25) is 0 Å². The van der Waals surface area contributed by atoms with Crippen LogP contribution in [-0.2, 0) is 38.3 Å². The van der Waals surface area contributed by atoms with Gasteiger partial charge in [0.25, 0.3) is 0 Å². The summed E-state index contributed by atoms with van der Waals surface area (Å²) in [7, 11) is 2.63. The molecule has 0 aromatic carbocycles. The molecule has 0 aliphatic rings. The highest BCUT2D eigenvalue weighted by Crippen LogP contribution is 2.15. The number of hydrogen-bond acceptors (Lipinski definition) is 11. The molecular formula is C18H28O12S2. The summed E-state index contributed by atoms with van der Waals surface area (Å²) in [6.45, 7) is 6.64. The van der Waals surface area contributed by atoms with Crippen molar-refractivity contribution in [3.63, 3.8) is 0 Å². The second-order valence-corrected chi connectivity index (χ2v) is 7.25. The summed E-state index contributed by atoms with van der Waals surface area (Å²) in [6, 6.07) is 0. The topological polar surface area (TPSA) is 194 Å². The van der Waals surface area contributed by atoms with Gasteiger partial charge in [-0.25, -0.2) is 10.1 Å². The highest BCUT2D eigenvalue weighted by molar-refractivity contribution is 8.02. The number of carboxylic acids is 3. The highest BCUT2D eigenvalue weighted by Gasteiger charge is 2.15. The summed E-state index contributed by atoms with van der Waals surface area (Å²) in [4.78, 5) is 55.1. The number of ether oxygens (including phenoxy) is 2. The molecule has 32 heavy (non-hydrogen) atoms. The van der Waals surface area contributed by atoms with Gasteiger partial charge in [-0.2, -0.15) is 12.6 Å². The average Bonchev–Trinajstić information content (AvgIpc) is 2.71. The van der Waals surface area contributed by atoms with E-state index in [4.69, 9.17) is 20.6 Å². The van der Waals surface area contributed by atoms with E-state index in [0.29, 0.717) is 11.3 Å². The first-order chi connectivity index (χ1) is 14.7. The van der Waals surface area contributed by atoms with Crippen LogP contribution in [0, 0.1) is 5.92 Å². The van der Waals surface area contributed by atoms with Crippen molar-refractivity contribution in [3.05, 3.63) is 23.3 Å². The molecule has 0 rings (SSSR count). The van der Waals surface area contributed by atoms with Gasteiger partial charge in [-0.15, -0.1) is 11.8 Å². The fourth-order valence-corrected chi connectivity index (χ4v) is 2.22. The summed E-state index contributed by atoms with van der Waals surface area (Å²) in [5.74, 6) is -4.13. The lowest BCUT2D eigenvalue weighted by Crippen LogP contribution is -2.17. The minimum Gasteiger partial charge on any atom is -0.481 e.